The molecule has 0 aliphatic carbocycles. The first-order chi connectivity index (χ1) is 16.1. The molecule has 0 atom stereocenters. The van der Waals surface area contributed by atoms with Crippen molar-refractivity contribution in [2.75, 3.05) is 27.4 Å². The van der Waals surface area contributed by atoms with Gasteiger partial charge in [0.2, 0.25) is 0 Å². The van der Waals surface area contributed by atoms with Gasteiger partial charge in [-0.25, -0.2) is 9.59 Å². The van der Waals surface area contributed by atoms with Gasteiger partial charge in [-0.2, -0.15) is 0 Å². The number of carbonyl (C=O) groups is 2. The number of carbonyl (C=O) groups excluding carboxylic acids is 2. The first kappa shape index (κ1) is 23.4. The fourth-order valence-corrected chi connectivity index (χ4v) is 2.83. The molecular formula is C26H24O7. The van der Waals surface area contributed by atoms with E-state index in [1.165, 1.54) is 30.3 Å². The maximum Gasteiger partial charge on any atom is 0.338 e. The van der Waals surface area contributed by atoms with Gasteiger partial charge in [-0.3, -0.25) is 0 Å². The van der Waals surface area contributed by atoms with Gasteiger partial charge in [0.25, 0.3) is 0 Å². The van der Waals surface area contributed by atoms with Crippen LogP contribution in [0.3, 0.4) is 0 Å². The van der Waals surface area contributed by atoms with Crippen molar-refractivity contribution >= 4 is 18.0 Å². The Bertz CT molecular complexity index is 1090. The maximum absolute atomic E-state index is 12.2. The molecular weight excluding hydrogens is 424 g/mol. The number of methoxy groups -OCH3 is 2. The van der Waals surface area contributed by atoms with Gasteiger partial charge in [0.15, 0.2) is 0 Å². The average molecular weight is 448 g/mol. The molecule has 3 rings (SSSR count). The number of benzene rings is 3. The molecule has 0 saturated carbocycles. The van der Waals surface area contributed by atoms with Gasteiger partial charge in [-0.1, -0.05) is 18.2 Å². The molecule has 33 heavy (non-hydrogen) atoms. The van der Waals surface area contributed by atoms with Crippen LogP contribution < -0.4 is 18.9 Å². The fourth-order valence-electron chi connectivity index (χ4n) is 2.83. The molecule has 3 aromatic rings. The molecule has 0 aliphatic rings. The van der Waals surface area contributed by atoms with E-state index in [1.54, 1.807) is 38.5 Å². The highest BCUT2D eigenvalue weighted by molar-refractivity contribution is 5.91. The molecule has 0 aromatic heterocycles. The highest BCUT2D eigenvalue weighted by atomic mass is 16.6. The molecule has 0 radical (unpaired) electrons. The number of esters is 2. The smallest absolute Gasteiger partial charge is 0.338 e. The van der Waals surface area contributed by atoms with E-state index >= 15 is 0 Å². The summed E-state index contributed by atoms with van der Waals surface area (Å²) in [5, 5.41) is 0. The lowest BCUT2D eigenvalue weighted by Crippen LogP contribution is -2.12. The van der Waals surface area contributed by atoms with Crippen LogP contribution >= 0.6 is 0 Å². The second-order valence-corrected chi connectivity index (χ2v) is 6.68. The average Bonchev–Trinajstić information content (AvgIpc) is 2.86. The normalized spacial score (nSPS) is 10.5. The van der Waals surface area contributed by atoms with Crippen molar-refractivity contribution in [3.63, 3.8) is 0 Å². The van der Waals surface area contributed by atoms with E-state index in [9.17, 15) is 9.59 Å². The molecule has 0 N–H and O–H groups in total. The molecule has 0 spiro atoms. The number of rotatable bonds is 10. The SMILES string of the molecule is COc1ccc(OC)c(/C=C/C(=O)Oc2ccc(C(=O)OCCOc3ccccc3)cc2)c1. The summed E-state index contributed by atoms with van der Waals surface area (Å²) in [6.07, 6.45) is 2.86. The van der Waals surface area contributed by atoms with Crippen LogP contribution in [0.25, 0.3) is 6.08 Å². The summed E-state index contributed by atoms with van der Waals surface area (Å²) < 4.78 is 26.4. The van der Waals surface area contributed by atoms with Crippen LogP contribution in [0.15, 0.2) is 78.9 Å². The van der Waals surface area contributed by atoms with E-state index in [0.717, 1.165) is 0 Å². The van der Waals surface area contributed by atoms with Gasteiger partial charge in [0.05, 0.1) is 19.8 Å². The minimum absolute atomic E-state index is 0.114. The van der Waals surface area contributed by atoms with Crippen LogP contribution in [0, 0.1) is 0 Å². The summed E-state index contributed by atoms with van der Waals surface area (Å²) in [6, 6.07) is 20.6. The number of para-hydroxylation sites is 1. The zero-order valence-corrected chi connectivity index (χ0v) is 18.4. The Morgan fingerprint density at radius 2 is 1.52 bits per heavy atom. The number of ether oxygens (including phenoxy) is 5. The van der Waals surface area contributed by atoms with Crippen LogP contribution in [0.1, 0.15) is 15.9 Å². The number of hydrogen-bond acceptors (Lipinski definition) is 7. The number of hydrogen-bond donors (Lipinski definition) is 0. The van der Waals surface area contributed by atoms with E-state index in [0.29, 0.717) is 34.1 Å². The monoisotopic (exact) mass is 448 g/mol. The predicted molar refractivity (Wildman–Crippen MR) is 123 cm³/mol. The second-order valence-electron chi connectivity index (χ2n) is 6.68. The van der Waals surface area contributed by atoms with Crippen LogP contribution in [-0.4, -0.2) is 39.4 Å². The third-order valence-electron chi connectivity index (χ3n) is 4.47. The standard InChI is InChI=1S/C26H24O7/c1-29-23-13-14-24(30-2)20(18-23)10-15-25(27)33-22-11-8-19(9-12-22)26(28)32-17-16-31-21-6-4-3-5-7-21/h3-15,18H,16-17H2,1-2H3/b15-10+. The van der Waals surface area contributed by atoms with Gasteiger partial charge in [0.1, 0.15) is 36.2 Å². The summed E-state index contributed by atoms with van der Waals surface area (Å²) in [5.41, 5.74) is 1.01. The molecule has 0 bridgehead atoms. The zero-order chi connectivity index (χ0) is 23.5. The van der Waals surface area contributed by atoms with Crippen molar-refractivity contribution in [1.82, 2.24) is 0 Å². The summed E-state index contributed by atoms with van der Waals surface area (Å²) in [6.45, 7) is 0.360. The topological polar surface area (TPSA) is 80.3 Å². The molecule has 170 valence electrons. The van der Waals surface area contributed by atoms with Crippen molar-refractivity contribution in [3.05, 3.63) is 90.0 Å². The molecule has 0 fully saturated rings. The predicted octanol–water partition coefficient (Wildman–Crippen LogP) is 4.56. The minimum Gasteiger partial charge on any atom is -0.497 e. The van der Waals surface area contributed by atoms with Gasteiger partial charge in [-0.15, -0.1) is 0 Å². The first-order valence-electron chi connectivity index (χ1n) is 10.2. The van der Waals surface area contributed by atoms with Crippen LogP contribution in [0.2, 0.25) is 0 Å². The third-order valence-corrected chi connectivity index (χ3v) is 4.47. The molecule has 0 saturated heterocycles. The molecule has 0 unspecified atom stereocenters. The molecule has 0 amide bonds. The summed E-state index contributed by atoms with van der Waals surface area (Å²) in [7, 11) is 3.10. The lowest BCUT2D eigenvalue weighted by Gasteiger charge is -2.08. The van der Waals surface area contributed by atoms with Crippen molar-refractivity contribution < 1.29 is 33.3 Å². The van der Waals surface area contributed by atoms with Gasteiger partial charge in [0, 0.05) is 11.6 Å². The zero-order valence-electron chi connectivity index (χ0n) is 18.4. The quantitative estimate of drug-likeness (QED) is 0.195. The molecule has 7 heteroatoms. The molecule has 0 heterocycles. The lowest BCUT2D eigenvalue weighted by atomic mass is 10.1. The van der Waals surface area contributed by atoms with E-state index in [-0.39, 0.29) is 13.2 Å². The lowest BCUT2D eigenvalue weighted by molar-refractivity contribution is -0.128. The highest BCUT2D eigenvalue weighted by Gasteiger charge is 2.09. The Morgan fingerprint density at radius 3 is 2.21 bits per heavy atom. The first-order valence-corrected chi connectivity index (χ1v) is 10.2. The maximum atomic E-state index is 12.2. The van der Waals surface area contributed by atoms with E-state index in [4.69, 9.17) is 23.7 Å². The Hall–Kier alpha value is -4.26. The van der Waals surface area contributed by atoms with E-state index in [2.05, 4.69) is 0 Å². The van der Waals surface area contributed by atoms with Gasteiger partial charge in [-0.05, 0) is 60.7 Å². The second kappa shape index (κ2) is 12.0. The third kappa shape index (κ3) is 7.14. The Balaban J connectivity index is 1.49. The Kier molecular flexibility index (Phi) is 8.48. The summed E-state index contributed by atoms with van der Waals surface area (Å²) in [4.78, 5) is 24.3. The van der Waals surface area contributed by atoms with Crippen LogP contribution in [0.4, 0.5) is 0 Å². The summed E-state index contributed by atoms with van der Waals surface area (Å²) in [5.74, 6) is 1.17. The molecule has 7 nitrogen and oxygen atoms in total. The minimum atomic E-state index is -0.576. The van der Waals surface area contributed by atoms with E-state index in [1.807, 2.05) is 30.3 Å². The van der Waals surface area contributed by atoms with Gasteiger partial charge < -0.3 is 23.7 Å². The van der Waals surface area contributed by atoms with Crippen LogP contribution in [0.5, 0.6) is 23.0 Å². The summed E-state index contributed by atoms with van der Waals surface area (Å²) >= 11 is 0. The highest BCUT2D eigenvalue weighted by Crippen LogP contribution is 2.25. The molecule has 3 aromatic carbocycles. The van der Waals surface area contributed by atoms with E-state index < -0.39 is 11.9 Å². The Morgan fingerprint density at radius 1 is 0.788 bits per heavy atom. The van der Waals surface area contributed by atoms with Crippen molar-refractivity contribution in [3.8, 4) is 23.0 Å². The van der Waals surface area contributed by atoms with Crippen LogP contribution in [-0.2, 0) is 9.53 Å². The largest absolute Gasteiger partial charge is 0.497 e. The fraction of sp³-hybridized carbons (Fsp3) is 0.154. The van der Waals surface area contributed by atoms with Crippen molar-refractivity contribution in [1.29, 1.82) is 0 Å². The van der Waals surface area contributed by atoms with Crippen molar-refractivity contribution in [2.24, 2.45) is 0 Å². The molecule has 0 aliphatic heterocycles. The van der Waals surface area contributed by atoms with Gasteiger partial charge >= 0.3 is 11.9 Å². The Labute approximate surface area is 192 Å². The van der Waals surface area contributed by atoms with Crippen molar-refractivity contribution in [2.45, 2.75) is 0 Å².